The van der Waals surface area contributed by atoms with Gasteiger partial charge in [0.1, 0.15) is 0 Å². The summed E-state index contributed by atoms with van der Waals surface area (Å²) < 4.78 is 33.2. The zero-order valence-electron chi connectivity index (χ0n) is 10.5. The lowest BCUT2D eigenvalue weighted by Crippen LogP contribution is -2.31. The lowest BCUT2D eigenvalue weighted by atomic mass is 10.1. The van der Waals surface area contributed by atoms with Gasteiger partial charge in [0, 0.05) is 31.8 Å². The van der Waals surface area contributed by atoms with Crippen LogP contribution in [0.25, 0.3) is 0 Å². The Hall–Kier alpha value is -1.20. The third-order valence-electron chi connectivity index (χ3n) is 3.15. The molecule has 0 amide bonds. The molecule has 18 heavy (non-hydrogen) atoms. The summed E-state index contributed by atoms with van der Waals surface area (Å²) >= 11 is 0. The molecule has 0 bridgehead atoms. The minimum absolute atomic E-state index is 0.00253. The molecule has 1 aromatic rings. The predicted octanol–water partition coefficient (Wildman–Crippen LogP) is 2.04. The number of rotatable bonds is 2. The molecule has 1 atom stereocenters. The Morgan fingerprint density at radius 3 is 2.89 bits per heavy atom. The fourth-order valence-electron chi connectivity index (χ4n) is 2.19. The summed E-state index contributed by atoms with van der Waals surface area (Å²) in [6.07, 6.45) is 0.827. The van der Waals surface area contributed by atoms with E-state index < -0.39 is 11.6 Å². The number of ether oxygens (including phenoxy) is 1. The molecule has 3 nitrogen and oxygen atoms in total. The first kappa shape index (κ1) is 13.2. The largest absolute Gasteiger partial charge is 0.377 e. The zero-order valence-corrected chi connectivity index (χ0v) is 10.5. The third kappa shape index (κ3) is 2.62. The number of hydrogen-bond donors (Lipinski definition) is 1. The molecule has 0 radical (unpaired) electrons. The second-order valence-corrected chi connectivity index (χ2v) is 4.56. The van der Waals surface area contributed by atoms with Crippen LogP contribution in [0.2, 0.25) is 0 Å². The van der Waals surface area contributed by atoms with Crippen LogP contribution < -0.4 is 10.6 Å². The van der Waals surface area contributed by atoms with Gasteiger partial charge in [-0.05, 0) is 19.4 Å². The molecule has 0 aromatic heterocycles. The molecule has 1 heterocycles. The molecule has 1 aliphatic heterocycles. The number of halogens is 2. The highest BCUT2D eigenvalue weighted by atomic mass is 19.2. The minimum atomic E-state index is -0.840. The Balaban J connectivity index is 2.29. The molecule has 1 aromatic carbocycles. The van der Waals surface area contributed by atoms with Gasteiger partial charge in [-0.3, -0.25) is 0 Å². The van der Waals surface area contributed by atoms with Crippen molar-refractivity contribution >= 4 is 5.69 Å². The molecule has 0 saturated carbocycles. The van der Waals surface area contributed by atoms with Gasteiger partial charge < -0.3 is 15.4 Å². The molecule has 0 aliphatic carbocycles. The van der Waals surface area contributed by atoms with Crippen LogP contribution in [-0.4, -0.2) is 25.8 Å². The molecule has 0 spiro atoms. The highest BCUT2D eigenvalue weighted by molar-refractivity contribution is 5.50. The van der Waals surface area contributed by atoms with E-state index in [0.29, 0.717) is 25.4 Å². The monoisotopic (exact) mass is 256 g/mol. The maximum atomic E-state index is 14.0. The van der Waals surface area contributed by atoms with Gasteiger partial charge in [-0.2, -0.15) is 0 Å². The van der Waals surface area contributed by atoms with Gasteiger partial charge in [0.2, 0.25) is 0 Å². The van der Waals surface area contributed by atoms with Crippen molar-refractivity contribution in [2.45, 2.75) is 26.0 Å². The number of anilines is 1. The van der Waals surface area contributed by atoms with Crippen LogP contribution in [-0.2, 0) is 11.3 Å². The Labute approximate surface area is 106 Å². The molecule has 1 fully saturated rings. The van der Waals surface area contributed by atoms with E-state index in [4.69, 9.17) is 10.5 Å². The maximum Gasteiger partial charge on any atom is 0.182 e. The summed E-state index contributed by atoms with van der Waals surface area (Å²) in [5.41, 5.74) is 5.85. The smallest absolute Gasteiger partial charge is 0.182 e. The van der Waals surface area contributed by atoms with Crippen molar-refractivity contribution in [2.24, 2.45) is 5.73 Å². The summed E-state index contributed by atoms with van der Waals surface area (Å²) in [7, 11) is 0. The van der Waals surface area contributed by atoms with Crippen molar-refractivity contribution in [3.05, 3.63) is 29.3 Å². The Morgan fingerprint density at radius 1 is 1.39 bits per heavy atom. The van der Waals surface area contributed by atoms with Gasteiger partial charge in [-0.1, -0.05) is 6.07 Å². The number of benzene rings is 1. The van der Waals surface area contributed by atoms with Gasteiger partial charge in [0.25, 0.3) is 0 Å². The van der Waals surface area contributed by atoms with E-state index in [2.05, 4.69) is 0 Å². The van der Waals surface area contributed by atoms with Crippen LogP contribution >= 0.6 is 0 Å². The van der Waals surface area contributed by atoms with E-state index in [1.165, 1.54) is 0 Å². The van der Waals surface area contributed by atoms with Gasteiger partial charge in [-0.25, -0.2) is 8.78 Å². The minimum Gasteiger partial charge on any atom is -0.377 e. The van der Waals surface area contributed by atoms with Crippen molar-refractivity contribution in [3.8, 4) is 0 Å². The maximum absolute atomic E-state index is 14.0. The molecule has 5 heteroatoms. The first-order valence-electron chi connectivity index (χ1n) is 6.17. The fourth-order valence-corrected chi connectivity index (χ4v) is 2.19. The summed E-state index contributed by atoms with van der Waals surface area (Å²) in [5.74, 6) is -1.65. The summed E-state index contributed by atoms with van der Waals surface area (Å²) in [4.78, 5) is 1.83. The Bertz CT molecular complexity index is 426. The number of hydrogen-bond acceptors (Lipinski definition) is 3. The molecular weight excluding hydrogens is 238 g/mol. The van der Waals surface area contributed by atoms with Gasteiger partial charge in [0.15, 0.2) is 11.6 Å². The first-order valence-corrected chi connectivity index (χ1v) is 6.17. The molecule has 1 unspecified atom stereocenters. The van der Waals surface area contributed by atoms with E-state index in [1.807, 2.05) is 11.8 Å². The van der Waals surface area contributed by atoms with E-state index >= 15 is 0 Å². The molecule has 2 N–H and O–H groups in total. The van der Waals surface area contributed by atoms with Crippen molar-refractivity contribution in [3.63, 3.8) is 0 Å². The van der Waals surface area contributed by atoms with E-state index in [9.17, 15) is 8.78 Å². The van der Waals surface area contributed by atoms with Crippen molar-refractivity contribution in [2.75, 3.05) is 24.6 Å². The van der Waals surface area contributed by atoms with Gasteiger partial charge in [0.05, 0.1) is 11.8 Å². The van der Waals surface area contributed by atoms with Crippen molar-refractivity contribution in [1.29, 1.82) is 0 Å². The fraction of sp³-hybridized carbons (Fsp3) is 0.538. The lowest BCUT2D eigenvalue weighted by molar-refractivity contribution is 0.0820. The molecular formula is C13H18F2N2O. The predicted molar refractivity (Wildman–Crippen MR) is 66.5 cm³/mol. The molecule has 100 valence electrons. The van der Waals surface area contributed by atoms with Crippen molar-refractivity contribution < 1.29 is 13.5 Å². The topological polar surface area (TPSA) is 38.5 Å². The van der Waals surface area contributed by atoms with Crippen LogP contribution in [0, 0.1) is 11.6 Å². The summed E-state index contributed by atoms with van der Waals surface area (Å²) in [6.45, 7) is 3.83. The summed E-state index contributed by atoms with van der Waals surface area (Å²) in [5, 5.41) is 0. The van der Waals surface area contributed by atoms with Crippen LogP contribution in [0.4, 0.5) is 14.5 Å². The molecule has 1 saturated heterocycles. The third-order valence-corrected chi connectivity index (χ3v) is 3.15. The lowest BCUT2D eigenvalue weighted by Gasteiger charge is -2.25. The quantitative estimate of drug-likeness (QED) is 0.880. The standard InChI is InChI=1S/C13H18F2N2O/c1-9-8-17(5-2-6-18-9)11-4-3-10(7-16)12(14)13(11)15/h3-4,9H,2,5-8,16H2,1H3. The average Bonchev–Trinajstić information content (AvgIpc) is 2.57. The Kier molecular flexibility index (Phi) is 4.14. The van der Waals surface area contributed by atoms with Crippen LogP contribution in [0.3, 0.4) is 0 Å². The van der Waals surface area contributed by atoms with Crippen LogP contribution in [0.5, 0.6) is 0 Å². The van der Waals surface area contributed by atoms with E-state index in [-0.39, 0.29) is 18.2 Å². The molecule has 2 rings (SSSR count). The SMILES string of the molecule is CC1CN(c2ccc(CN)c(F)c2F)CCCO1. The zero-order chi connectivity index (χ0) is 13.1. The van der Waals surface area contributed by atoms with Crippen molar-refractivity contribution in [1.82, 2.24) is 0 Å². The average molecular weight is 256 g/mol. The van der Waals surface area contributed by atoms with E-state index in [0.717, 1.165) is 6.42 Å². The number of nitrogens with zero attached hydrogens (tertiary/aromatic N) is 1. The van der Waals surface area contributed by atoms with Gasteiger partial charge >= 0.3 is 0 Å². The number of nitrogens with two attached hydrogens (primary N) is 1. The Morgan fingerprint density at radius 2 is 2.17 bits per heavy atom. The highest BCUT2D eigenvalue weighted by Gasteiger charge is 2.21. The first-order chi connectivity index (χ1) is 8.63. The van der Waals surface area contributed by atoms with E-state index in [1.54, 1.807) is 12.1 Å². The van der Waals surface area contributed by atoms with Crippen LogP contribution in [0.1, 0.15) is 18.9 Å². The second-order valence-electron chi connectivity index (χ2n) is 4.56. The highest BCUT2D eigenvalue weighted by Crippen LogP contribution is 2.25. The normalized spacial score (nSPS) is 20.9. The summed E-state index contributed by atoms with van der Waals surface area (Å²) in [6, 6.07) is 3.14. The van der Waals surface area contributed by atoms with Gasteiger partial charge in [-0.15, -0.1) is 0 Å². The van der Waals surface area contributed by atoms with Crippen LogP contribution in [0.15, 0.2) is 12.1 Å². The second kappa shape index (κ2) is 5.63. The molecule has 1 aliphatic rings.